The van der Waals surface area contributed by atoms with Crippen LogP contribution in [0.2, 0.25) is 0 Å². The second-order valence-corrected chi connectivity index (χ2v) is 5.17. The molecule has 2 atom stereocenters. The highest BCUT2D eigenvalue weighted by Crippen LogP contribution is 2.44. The summed E-state index contributed by atoms with van der Waals surface area (Å²) in [6, 6.07) is 0. The van der Waals surface area contributed by atoms with E-state index in [0.29, 0.717) is 12.3 Å². The zero-order valence-electron chi connectivity index (χ0n) is 8.84. The van der Waals surface area contributed by atoms with Crippen LogP contribution in [0.15, 0.2) is 0 Å². The Morgan fingerprint density at radius 3 is 2.54 bits per heavy atom. The van der Waals surface area contributed by atoms with Crippen molar-refractivity contribution >= 4 is 5.97 Å². The SMILES string of the molecule is CC1CCC(CC(=O)O)C(C)(C)C1. The second-order valence-electron chi connectivity index (χ2n) is 5.17. The summed E-state index contributed by atoms with van der Waals surface area (Å²) in [6.07, 6.45) is 3.80. The van der Waals surface area contributed by atoms with Crippen molar-refractivity contribution in [3.05, 3.63) is 0 Å². The van der Waals surface area contributed by atoms with Gasteiger partial charge in [-0.25, -0.2) is 0 Å². The van der Waals surface area contributed by atoms with Crippen LogP contribution in [-0.2, 0) is 4.79 Å². The molecule has 1 rings (SSSR count). The molecule has 2 unspecified atom stereocenters. The first-order valence-electron chi connectivity index (χ1n) is 5.13. The normalized spacial score (nSPS) is 32.8. The lowest BCUT2D eigenvalue weighted by Gasteiger charge is -2.41. The fourth-order valence-electron chi connectivity index (χ4n) is 2.63. The van der Waals surface area contributed by atoms with E-state index in [0.717, 1.165) is 12.3 Å². The highest BCUT2D eigenvalue weighted by atomic mass is 16.4. The summed E-state index contributed by atoms with van der Waals surface area (Å²) in [5.41, 5.74) is 0.218. The number of hydrogen-bond acceptors (Lipinski definition) is 1. The Balaban J connectivity index is 2.59. The van der Waals surface area contributed by atoms with E-state index in [2.05, 4.69) is 20.8 Å². The molecule has 1 aliphatic carbocycles. The molecule has 1 fully saturated rings. The first-order chi connectivity index (χ1) is 5.92. The monoisotopic (exact) mass is 184 g/mol. The molecule has 0 heterocycles. The van der Waals surface area contributed by atoms with Gasteiger partial charge < -0.3 is 5.11 Å². The van der Waals surface area contributed by atoms with E-state index in [9.17, 15) is 4.79 Å². The molecule has 1 N–H and O–H groups in total. The standard InChI is InChI=1S/C11H20O2/c1-8-4-5-9(6-10(12)13)11(2,3)7-8/h8-9H,4-7H2,1-3H3,(H,12,13). The van der Waals surface area contributed by atoms with E-state index >= 15 is 0 Å². The smallest absolute Gasteiger partial charge is 0.303 e. The Hall–Kier alpha value is -0.530. The Kier molecular flexibility index (Phi) is 2.99. The first kappa shape index (κ1) is 10.6. The molecule has 1 aliphatic rings. The minimum absolute atomic E-state index is 0.218. The van der Waals surface area contributed by atoms with Crippen LogP contribution in [0.25, 0.3) is 0 Å². The molecule has 0 spiro atoms. The van der Waals surface area contributed by atoms with Crippen LogP contribution in [0.5, 0.6) is 0 Å². The Bertz CT molecular complexity index is 196. The highest BCUT2D eigenvalue weighted by molar-refractivity contribution is 5.67. The lowest BCUT2D eigenvalue weighted by Crippen LogP contribution is -2.32. The van der Waals surface area contributed by atoms with E-state index < -0.39 is 5.97 Å². The van der Waals surface area contributed by atoms with Gasteiger partial charge in [-0.3, -0.25) is 4.79 Å². The Morgan fingerprint density at radius 1 is 1.46 bits per heavy atom. The number of carboxylic acids is 1. The first-order valence-corrected chi connectivity index (χ1v) is 5.13. The van der Waals surface area contributed by atoms with E-state index in [-0.39, 0.29) is 5.41 Å². The van der Waals surface area contributed by atoms with Gasteiger partial charge in [0.05, 0.1) is 0 Å². The maximum absolute atomic E-state index is 10.6. The fourth-order valence-corrected chi connectivity index (χ4v) is 2.63. The number of hydrogen-bond donors (Lipinski definition) is 1. The van der Waals surface area contributed by atoms with Crippen molar-refractivity contribution < 1.29 is 9.90 Å². The summed E-state index contributed by atoms with van der Waals surface area (Å²) < 4.78 is 0. The Morgan fingerprint density at radius 2 is 2.08 bits per heavy atom. The zero-order chi connectivity index (χ0) is 10.1. The minimum atomic E-state index is -0.646. The maximum Gasteiger partial charge on any atom is 0.303 e. The average molecular weight is 184 g/mol. The van der Waals surface area contributed by atoms with Gasteiger partial charge in [-0.05, 0) is 30.1 Å². The molecule has 1 saturated carbocycles. The number of carboxylic acid groups (broad SMARTS) is 1. The highest BCUT2D eigenvalue weighted by Gasteiger charge is 2.36. The van der Waals surface area contributed by atoms with Gasteiger partial charge in [-0.15, -0.1) is 0 Å². The summed E-state index contributed by atoms with van der Waals surface area (Å²) in [6.45, 7) is 6.67. The Labute approximate surface area is 80.3 Å². The van der Waals surface area contributed by atoms with Crippen molar-refractivity contribution in [2.75, 3.05) is 0 Å². The van der Waals surface area contributed by atoms with Crippen LogP contribution < -0.4 is 0 Å². The summed E-state index contributed by atoms with van der Waals surface area (Å²) in [5.74, 6) is 0.494. The topological polar surface area (TPSA) is 37.3 Å². The van der Waals surface area contributed by atoms with Crippen LogP contribution in [0.4, 0.5) is 0 Å². The molecule has 76 valence electrons. The van der Waals surface area contributed by atoms with E-state index in [1.807, 2.05) is 0 Å². The van der Waals surface area contributed by atoms with E-state index in [1.54, 1.807) is 0 Å². The summed E-state index contributed by atoms with van der Waals surface area (Å²) >= 11 is 0. The number of aliphatic carboxylic acids is 1. The molecule has 2 nitrogen and oxygen atoms in total. The minimum Gasteiger partial charge on any atom is -0.481 e. The second kappa shape index (κ2) is 3.69. The molecule has 0 aliphatic heterocycles. The van der Waals surface area contributed by atoms with Gasteiger partial charge in [-0.1, -0.05) is 27.2 Å². The average Bonchev–Trinajstić information content (AvgIpc) is 1.93. The fraction of sp³-hybridized carbons (Fsp3) is 0.909. The van der Waals surface area contributed by atoms with Gasteiger partial charge in [0.15, 0.2) is 0 Å². The van der Waals surface area contributed by atoms with Crippen molar-refractivity contribution in [1.82, 2.24) is 0 Å². The van der Waals surface area contributed by atoms with Crippen molar-refractivity contribution in [1.29, 1.82) is 0 Å². The maximum atomic E-state index is 10.6. The zero-order valence-corrected chi connectivity index (χ0v) is 8.84. The third-order valence-electron chi connectivity index (χ3n) is 3.41. The lowest BCUT2D eigenvalue weighted by molar-refractivity contribution is -0.139. The lowest BCUT2D eigenvalue weighted by atomic mass is 9.64. The third-order valence-corrected chi connectivity index (χ3v) is 3.41. The largest absolute Gasteiger partial charge is 0.481 e. The predicted octanol–water partition coefficient (Wildman–Crippen LogP) is 2.92. The van der Waals surface area contributed by atoms with Gasteiger partial charge >= 0.3 is 5.97 Å². The van der Waals surface area contributed by atoms with Crippen LogP contribution in [0, 0.1) is 17.3 Å². The van der Waals surface area contributed by atoms with Gasteiger partial charge in [0.2, 0.25) is 0 Å². The molecular weight excluding hydrogens is 164 g/mol. The summed E-state index contributed by atoms with van der Waals surface area (Å²) in [7, 11) is 0. The molecular formula is C11H20O2. The van der Waals surface area contributed by atoms with E-state index in [1.165, 1.54) is 12.8 Å². The van der Waals surface area contributed by atoms with Crippen molar-refractivity contribution in [2.24, 2.45) is 17.3 Å². The van der Waals surface area contributed by atoms with Crippen molar-refractivity contribution in [3.63, 3.8) is 0 Å². The summed E-state index contributed by atoms with van der Waals surface area (Å²) in [4.78, 5) is 10.6. The van der Waals surface area contributed by atoms with Crippen LogP contribution in [0.3, 0.4) is 0 Å². The van der Waals surface area contributed by atoms with Crippen molar-refractivity contribution in [3.8, 4) is 0 Å². The molecule has 0 aromatic heterocycles. The van der Waals surface area contributed by atoms with Crippen LogP contribution in [0.1, 0.15) is 46.5 Å². The van der Waals surface area contributed by atoms with Gasteiger partial charge in [0, 0.05) is 6.42 Å². The van der Waals surface area contributed by atoms with Gasteiger partial charge in [-0.2, -0.15) is 0 Å². The molecule has 13 heavy (non-hydrogen) atoms. The molecule has 0 aromatic rings. The van der Waals surface area contributed by atoms with Crippen molar-refractivity contribution in [2.45, 2.75) is 46.5 Å². The molecule has 0 aromatic carbocycles. The predicted molar refractivity (Wildman–Crippen MR) is 52.5 cm³/mol. The quantitative estimate of drug-likeness (QED) is 0.716. The summed E-state index contributed by atoms with van der Waals surface area (Å²) in [5, 5.41) is 8.76. The number of carbonyl (C=O) groups is 1. The molecule has 0 amide bonds. The molecule has 0 bridgehead atoms. The van der Waals surface area contributed by atoms with E-state index in [4.69, 9.17) is 5.11 Å². The number of rotatable bonds is 2. The molecule has 0 radical (unpaired) electrons. The third kappa shape index (κ3) is 2.71. The van der Waals surface area contributed by atoms with Gasteiger partial charge in [0.25, 0.3) is 0 Å². The van der Waals surface area contributed by atoms with Gasteiger partial charge in [0.1, 0.15) is 0 Å². The molecule has 2 heteroatoms. The molecule has 0 saturated heterocycles. The van der Waals surface area contributed by atoms with Crippen LogP contribution >= 0.6 is 0 Å². The van der Waals surface area contributed by atoms with Crippen LogP contribution in [-0.4, -0.2) is 11.1 Å².